The summed E-state index contributed by atoms with van der Waals surface area (Å²) < 4.78 is 0.429. The van der Waals surface area contributed by atoms with Gasteiger partial charge < -0.3 is 0 Å². The second-order valence-electron chi connectivity index (χ2n) is 10.3. The molecule has 5 aliphatic rings. The van der Waals surface area contributed by atoms with Crippen molar-refractivity contribution < 1.29 is 4.79 Å². The number of Topliss-reactive ketones (excluding diaryl/α,β-unsaturated/α-hetero) is 1. The van der Waals surface area contributed by atoms with Crippen LogP contribution >= 0.6 is 23.5 Å². The van der Waals surface area contributed by atoms with Crippen LogP contribution in [0.25, 0.3) is 0 Å². The first-order valence-corrected chi connectivity index (χ1v) is 12.9. The molecule has 0 amide bonds. The zero-order chi connectivity index (χ0) is 18.2. The third kappa shape index (κ3) is 2.41. The number of ketones is 1. The van der Waals surface area contributed by atoms with Crippen LogP contribution < -0.4 is 0 Å². The second kappa shape index (κ2) is 6.05. The summed E-state index contributed by atoms with van der Waals surface area (Å²) in [5, 5.41) is 0. The number of fused-ring (bicyclic) bond motifs is 5. The highest BCUT2D eigenvalue weighted by molar-refractivity contribution is 8.21. The smallest absolute Gasteiger partial charge is 0.133 e. The van der Waals surface area contributed by atoms with Crippen LogP contribution in [0.4, 0.5) is 0 Å². The average Bonchev–Trinajstić information content (AvgIpc) is 3.20. The van der Waals surface area contributed by atoms with E-state index in [1.807, 2.05) is 12.5 Å². The van der Waals surface area contributed by atoms with Crippen molar-refractivity contribution in [3.05, 3.63) is 11.6 Å². The van der Waals surface area contributed by atoms with E-state index in [2.05, 4.69) is 43.4 Å². The highest BCUT2D eigenvalue weighted by Gasteiger charge is 2.60. The summed E-state index contributed by atoms with van der Waals surface area (Å²) in [4.78, 5) is 12.3. The highest BCUT2D eigenvalue weighted by atomic mass is 32.2. The predicted octanol–water partition coefficient (Wildman–Crippen LogP) is 6.33. The van der Waals surface area contributed by atoms with Gasteiger partial charge in [0.05, 0.1) is 4.08 Å². The molecule has 1 nitrogen and oxygen atoms in total. The molecule has 6 atom stereocenters. The number of thioether (sulfide) groups is 2. The minimum absolute atomic E-state index is 0.303. The molecule has 1 saturated heterocycles. The number of allylic oxidation sites excluding steroid dienone is 1. The number of hydrogen-bond acceptors (Lipinski definition) is 3. The van der Waals surface area contributed by atoms with E-state index in [1.165, 1.54) is 56.5 Å². The molecule has 144 valence electrons. The van der Waals surface area contributed by atoms with E-state index in [1.54, 1.807) is 0 Å². The van der Waals surface area contributed by atoms with Crippen molar-refractivity contribution in [2.45, 2.75) is 76.2 Å². The topological polar surface area (TPSA) is 17.1 Å². The Balaban J connectivity index is 1.45. The first kappa shape index (κ1) is 18.2. The Hall–Kier alpha value is 0.110. The van der Waals surface area contributed by atoms with Crippen molar-refractivity contribution in [2.75, 3.05) is 11.5 Å². The van der Waals surface area contributed by atoms with Crippen molar-refractivity contribution in [1.82, 2.24) is 0 Å². The molecule has 4 aliphatic carbocycles. The Bertz CT molecular complexity index is 649. The number of carbonyl (C=O) groups is 1. The molecule has 1 heterocycles. The molecule has 1 aliphatic heterocycles. The molecule has 1 spiro atoms. The van der Waals surface area contributed by atoms with E-state index < -0.39 is 0 Å². The molecule has 5 rings (SSSR count). The van der Waals surface area contributed by atoms with Crippen LogP contribution in [0.3, 0.4) is 0 Å². The van der Waals surface area contributed by atoms with Crippen LogP contribution in [0.15, 0.2) is 11.6 Å². The fourth-order valence-electron chi connectivity index (χ4n) is 8.05. The van der Waals surface area contributed by atoms with Gasteiger partial charge in [0, 0.05) is 17.4 Å². The number of rotatable bonds is 1. The van der Waals surface area contributed by atoms with Crippen molar-refractivity contribution in [3.63, 3.8) is 0 Å². The molecular formula is C23H34OS2. The summed E-state index contributed by atoms with van der Waals surface area (Å²) in [5.41, 5.74) is 2.57. The lowest BCUT2D eigenvalue weighted by atomic mass is 9.46. The summed E-state index contributed by atoms with van der Waals surface area (Å²) in [5.74, 6) is 6.04. The van der Waals surface area contributed by atoms with Crippen molar-refractivity contribution in [2.24, 2.45) is 34.5 Å². The fraction of sp³-hybridized carbons (Fsp3) is 0.870. The highest BCUT2D eigenvalue weighted by Crippen LogP contribution is 2.68. The van der Waals surface area contributed by atoms with Gasteiger partial charge in [0.2, 0.25) is 0 Å². The van der Waals surface area contributed by atoms with Crippen molar-refractivity contribution in [1.29, 1.82) is 0 Å². The van der Waals surface area contributed by atoms with Gasteiger partial charge >= 0.3 is 0 Å². The maximum atomic E-state index is 12.3. The third-order valence-electron chi connectivity index (χ3n) is 9.39. The average molecular weight is 391 g/mol. The lowest BCUT2D eigenvalue weighted by Crippen LogP contribution is -2.51. The third-order valence-corrected chi connectivity index (χ3v) is 12.8. The first-order valence-electron chi connectivity index (χ1n) is 10.9. The van der Waals surface area contributed by atoms with Gasteiger partial charge in [-0.2, -0.15) is 0 Å². The molecule has 4 fully saturated rings. The zero-order valence-corrected chi connectivity index (χ0v) is 18.3. The molecule has 0 N–H and O–H groups in total. The normalized spacial score (nSPS) is 49.3. The van der Waals surface area contributed by atoms with Gasteiger partial charge in [0.1, 0.15) is 5.78 Å². The van der Waals surface area contributed by atoms with Gasteiger partial charge in [0.15, 0.2) is 0 Å². The Kier molecular flexibility index (Phi) is 4.23. The van der Waals surface area contributed by atoms with Crippen molar-refractivity contribution >= 4 is 29.3 Å². The summed E-state index contributed by atoms with van der Waals surface area (Å²) in [6, 6.07) is 0. The molecule has 0 aromatic heterocycles. The van der Waals surface area contributed by atoms with Crippen LogP contribution in [0.2, 0.25) is 0 Å². The minimum atomic E-state index is 0.303. The van der Waals surface area contributed by atoms with E-state index in [0.717, 1.165) is 24.2 Å². The van der Waals surface area contributed by atoms with Gasteiger partial charge in [-0.1, -0.05) is 25.5 Å². The molecule has 0 radical (unpaired) electrons. The lowest BCUT2D eigenvalue weighted by molar-refractivity contribution is -0.127. The minimum Gasteiger partial charge on any atom is -0.300 e. The van der Waals surface area contributed by atoms with Crippen LogP contribution in [0.1, 0.15) is 72.1 Å². The molecule has 0 bridgehead atoms. The Morgan fingerprint density at radius 1 is 1.00 bits per heavy atom. The summed E-state index contributed by atoms with van der Waals surface area (Å²) >= 11 is 4.43. The predicted molar refractivity (Wildman–Crippen MR) is 114 cm³/mol. The molecular weight excluding hydrogens is 356 g/mol. The van der Waals surface area contributed by atoms with Gasteiger partial charge in [0.25, 0.3) is 0 Å². The van der Waals surface area contributed by atoms with Crippen LogP contribution in [0.5, 0.6) is 0 Å². The Labute approximate surface area is 167 Å². The maximum absolute atomic E-state index is 12.3. The van der Waals surface area contributed by atoms with Crippen LogP contribution in [0, 0.1) is 34.5 Å². The van der Waals surface area contributed by atoms with Gasteiger partial charge in [-0.25, -0.2) is 0 Å². The summed E-state index contributed by atoms with van der Waals surface area (Å²) in [7, 11) is 0. The number of hydrogen-bond donors (Lipinski definition) is 0. The fourth-order valence-corrected chi connectivity index (χ4v) is 11.2. The SMILES string of the molecule is CC(=O)[C@H]1CC[C@H]2[C@@H]3CCC4=CC5(CC[C@]4(C)[C@H]3CC[C@]12C)SCCS5. The quantitative estimate of drug-likeness (QED) is 0.487. The van der Waals surface area contributed by atoms with Crippen LogP contribution in [-0.4, -0.2) is 21.4 Å². The van der Waals surface area contributed by atoms with E-state index in [-0.39, 0.29) is 0 Å². The monoisotopic (exact) mass is 390 g/mol. The second-order valence-corrected chi connectivity index (χ2v) is 13.4. The van der Waals surface area contributed by atoms with E-state index >= 15 is 0 Å². The summed E-state index contributed by atoms with van der Waals surface area (Å²) in [6.45, 7) is 6.94. The lowest BCUT2D eigenvalue weighted by Gasteiger charge is -2.59. The maximum Gasteiger partial charge on any atom is 0.133 e. The number of carbonyl (C=O) groups excluding carboxylic acids is 1. The molecule has 26 heavy (non-hydrogen) atoms. The van der Waals surface area contributed by atoms with Gasteiger partial charge in [-0.05, 0) is 86.9 Å². The Morgan fingerprint density at radius 2 is 1.77 bits per heavy atom. The van der Waals surface area contributed by atoms with Gasteiger partial charge in [-0.3, -0.25) is 4.79 Å². The first-order chi connectivity index (χ1) is 12.4. The van der Waals surface area contributed by atoms with Crippen molar-refractivity contribution in [3.8, 4) is 0 Å². The largest absolute Gasteiger partial charge is 0.300 e. The Morgan fingerprint density at radius 3 is 2.50 bits per heavy atom. The van der Waals surface area contributed by atoms with E-state index in [9.17, 15) is 4.79 Å². The molecule has 0 aromatic carbocycles. The molecule has 0 unspecified atom stereocenters. The zero-order valence-electron chi connectivity index (χ0n) is 16.7. The van der Waals surface area contributed by atoms with Gasteiger partial charge in [-0.15, -0.1) is 23.5 Å². The molecule has 3 heteroatoms. The molecule has 0 aromatic rings. The standard InChI is InChI=1S/C23H34OS2/c1-15(24)18-6-7-19-17-5-4-16-14-23(25-12-13-26-23)11-10-21(16,2)20(17)8-9-22(18,19)3/h14,17-20H,4-13H2,1-3H3/t17-,18+,19-,20-,21-,22+/m0/s1. The molecule has 3 saturated carbocycles. The van der Waals surface area contributed by atoms with Crippen LogP contribution in [-0.2, 0) is 4.79 Å². The van der Waals surface area contributed by atoms with E-state index in [0.29, 0.717) is 26.6 Å². The van der Waals surface area contributed by atoms with E-state index in [4.69, 9.17) is 0 Å². The summed E-state index contributed by atoms with van der Waals surface area (Å²) in [6.07, 6.45) is 13.4.